The quantitative estimate of drug-likeness (QED) is 0.663. The summed E-state index contributed by atoms with van der Waals surface area (Å²) < 4.78 is 0. The van der Waals surface area contributed by atoms with E-state index in [9.17, 15) is 9.59 Å². The maximum Gasteiger partial charge on any atom is 0.253 e. The van der Waals surface area contributed by atoms with Gasteiger partial charge in [0.2, 0.25) is 0 Å². The third-order valence-corrected chi connectivity index (χ3v) is 5.89. The van der Waals surface area contributed by atoms with Gasteiger partial charge in [-0.15, -0.1) is 0 Å². The molecule has 1 saturated heterocycles. The smallest absolute Gasteiger partial charge is 0.253 e. The summed E-state index contributed by atoms with van der Waals surface area (Å²) in [6, 6.07) is 10.8. The van der Waals surface area contributed by atoms with Crippen molar-refractivity contribution >= 4 is 23.4 Å². The lowest BCUT2D eigenvalue weighted by Crippen LogP contribution is -2.38. The maximum absolute atomic E-state index is 12.8. The largest absolute Gasteiger partial charge is 0.352 e. The molecule has 7 heteroatoms. The molecular formula is C24H31ClN4O2. The lowest BCUT2D eigenvalue weighted by Gasteiger charge is -2.32. The molecule has 0 spiro atoms. The van der Waals surface area contributed by atoms with E-state index in [-0.39, 0.29) is 17.7 Å². The SMILES string of the molecule is Cc1ccc(C(=O)NCCCN(C)C)c(C2CCN(C(=O)c3ccc(Cl)cc3)CC2)n1. The topological polar surface area (TPSA) is 65.5 Å². The number of nitrogens with zero attached hydrogens (tertiary/aromatic N) is 3. The summed E-state index contributed by atoms with van der Waals surface area (Å²) in [5, 5.41) is 3.64. The van der Waals surface area contributed by atoms with Crippen LogP contribution in [0.5, 0.6) is 0 Å². The first-order valence-electron chi connectivity index (χ1n) is 10.8. The molecule has 0 unspecified atom stereocenters. The van der Waals surface area contributed by atoms with E-state index in [1.807, 2.05) is 38.1 Å². The first-order chi connectivity index (χ1) is 14.8. The molecule has 166 valence electrons. The van der Waals surface area contributed by atoms with Crippen LogP contribution in [-0.2, 0) is 0 Å². The molecule has 1 aliphatic heterocycles. The molecule has 0 saturated carbocycles. The summed E-state index contributed by atoms with van der Waals surface area (Å²) in [6.07, 6.45) is 2.48. The van der Waals surface area contributed by atoms with Gasteiger partial charge in [-0.1, -0.05) is 11.6 Å². The van der Waals surface area contributed by atoms with E-state index in [0.29, 0.717) is 35.8 Å². The third-order valence-electron chi connectivity index (χ3n) is 5.64. The molecule has 3 rings (SSSR count). The minimum absolute atomic E-state index is 0.0196. The number of hydrogen-bond donors (Lipinski definition) is 1. The van der Waals surface area contributed by atoms with E-state index in [4.69, 9.17) is 16.6 Å². The number of likely N-dealkylation sites (tertiary alicyclic amines) is 1. The van der Waals surface area contributed by atoms with Gasteiger partial charge in [-0.2, -0.15) is 0 Å². The van der Waals surface area contributed by atoms with Crippen LogP contribution in [0.2, 0.25) is 5.02 Å². The van der Waals surface area contributed by atoms with Crippen molar-refractivity contribution in [2.24, 2.45) is 0 Å². The van der Waals surface area contributed by atoms with Crippen molar-refractivity contribution in [2.45, 2.75) is 32.1 Å². The van der Waals surface area contributed by atoms with Gasteiger partial charge < -0.3 is 15.1 Å². The van der Waals surface area contributed by atoms with Gasteiger partial charge >= 0.3 is 0 Å². The van der Waals surface area contributed by atoms with Crippen molar-refractivity contribution in [2.75, 3.05) is 40.3 Å². The molecule has 1 aliphatic rings. The van der Waals surface area contributed by atoms with Crippen molar-refractivity contribution in [1.29, 1.82) is 0 Å². The Bertz CT molecular complexity index is 906. The molecule has 0 aliphatic carbocycles. The van der Waals surface area contributed by atoms with Crippen LogP contribution in [0, 0.1) is 6.92 Å². The molecule has 2 heterocycles. The van der Waals surface area contributed by atoms with Crippen LogP contribution < -0.4 is 5.32 Å². The number of carbonyl (C=O) groups is 2. The van der Waals surface area contributed by atoms with Crippen molar-refractivity contribution < 1.29 is 9.59 Å². The third kappa shape index (κ3) is 6.28. The monoisotopic (exact) mass is 442 g/mol. The Morgan fingerprint density at radius 3 is 2.45 bits per heavy atom. The molecule has 2 amide bonds. The molecule has 0 atom stereocenters. The molecule has 1 fully saturated rings. The number of carbonyl (C=O) groups excluding carboxylic acids is 2. The Hall–Kier alpha value is -2.44. The Balaban J connectivity index is 1.64. The number of halogens is 1. The van der Waals surface area contributed by atoms with Gasteiger partial charge in [-0.25, -0.2) is 0 Å². The molecule has 1 N–H and O–H groups in total. The number of rotatable bonds is 7. The first kappa shape index (κ1) is 23.2. The summed E-state index contributed by atoms with van der Waals surface area (Å²) in [6.45, 7) is 4.80. The summed E-state index contributed by atoms with van der Waals surface area (Å²) in [4.78, 5) is 34.3. The van der Waals surface area contributed by atoms with Crippen LogP contribution in [0.4, 0.5) is 0 Å². The van der Waals surface area contributed by atoms with E-state index in [1.54, 1.807) is 24.3 Å². The highest BCUT2D eigenvalue weighted by Crippen LogP contribution is 2.30. The Morgan fingerprint density at radius 2 is 1.81 bits per heavy atom. The van der Waals surface area contributed by atoms with Gasteiger partial charge in [-0.3, -0.25) is 14.6 Å². The number of piperidine rings is 1. The average Bonchev–Trinajstić information content (AvgIpc) is 2.76. The summed E-state index contributed by atoms with van der Waals surface area (Å²) in [5.74, 6) is 0.115. The number of aromatic nitrogens is 1. The van der Waals surface area contributed by atoms with Crippen LogP contribution in [0.25, 0.3) is 0 Å². The number of aryl methyl sites for hydroxylation is 1. The lowest BCUT2D eigenvalue weighted by molar-refractivity contribution is 0.0710. The zero-order chi connectivity index (χ0) is 22.4. The van der Waals surface area contributed by atoms with Crippen LogP contribution >= 0.6 is 11.6 Å². The van der Waals surface area contributed by atoms with Gasteiger partial charge in [0, 0.05) is 41.8 Å². The van der Waals surface area contributed by atoms with Gasteiger partial charge in [0.1, 0.15) is 0 Å². The highest BCUT2D eigenvalue weighted by atomic mass is 35.5. The fourth-order valence-corrected chi connectivity index (χ4v) is 4.03. The number of hydrogen-bond acceptors (Lipinski definition) is 4. The van der Waals surface area contributed by atoms with E-state index < -0.39 is 0 Å². The molecule has 31 heavy (non-hydrogen) atoms. The van der Waals surface area contributed by atoms with Gasteiger partial charge in [-0.05, 0) is 83.2 Å². The zero-order valence-corrected chi connectivity index (χ0v) is 19.3. The van der Waals surface area contributed by atoms with Gasteiger partial charge in [0.25, 0.3) is 11.8 Å². The van der Waals surface area contributed by atoms with Crippen molar-refractivity contribution in [1.82, 2.24) is 20.1 Å². The molecule has 0 bridgehead atoms. The number of nitrogens with one attached hydrogen (secondary N) is 1. The van der Waals surface area contributed by atoms with E-state index >= 15 is 0 Å². The molecule has 1 aromatic heterocycles. The fourth-order valence-electron chi connectivity index (χ4n) is 3.90. The number of pyridine rings is 1. The predicted molar refractivity (Wildman–Crippen MR) is 124 cm³/mol. The van der Waals surface area contributed by atoms with Gasteiger partial charge in [0.05, 0.1) is 11.3 Å². The normalized spacial score (nSPS) is 14.7. The molecule has 0 radical (unpaired) electrons. The first-order valence-corrected chi connectivity index (χ1v) is 11.2. The highest BCUT2D eigenvalue weighted by molar-refractivity contribution is 6.30. The van der Waals surface area contributed by atoms with Crippen LogP contribution in [-0.4, -0.2) is 66.9 Å². The van der Waals surface area contributed by atoms with E-state index in [0.717, 1.165) is 37.2 Å². The standard InChI is InChI=1S/C24H31ClN4O2/c1-17-5-10-21(23(30)26-13-4-14-28(2)3)22(27-17)18-11-15-29(16-12-18)24(31)19-6-8-20(25)9-7-19/h5-10,18H,4,11-16H2,1-3H3,(H,26,30). The summed E-state index contributed by atoms with van der Waals surface area (Å²) in [5.41, 5.74) is 3.05. The van der Waals surface area contributed by atoms with Crippen LogP contribution in [0.1, 0.15) is 57.3 Å². The second kappa shape index (κ2) is 10.7. The Morgan fingerprint density at radius 1 is 1.13 bits per heavy atom. The molecule has 6 nitrogen and oxygen atoms in total. The van der Waals surface area contributed by atoms with Crippen LogP contribution in [0.3, 0.4) is 0 Å². The minimum Gasteiger partial charge on any atom is -0.352 e. The second-order valence-corrected chi connectivity index (χ2v) is 8.81. The number of amides is 2. The maximum atomic E-state index is 12.8. The summed E-state index contributed by atoms with van der Waals surface area (Å²) >= 11 is 5.93. The van der Waals surface area contributed by atoms with Gasteiger partial charge in [0.15, 0.2) is 0 Å². The van der Waals surface area contributed by atoms with Crippen molar-refractivity contribution in [3.8, 4) is 0 Å². The van der Waals surface area contributed by atoms with E-state index in [1.165, 1.54) is 0 Å². The van der Waals surface area contributed by atoms with Crippen molar-refractivity contribution in [3.63, 3.8) is 0 Å². The lowest BCUT2D eigenvalue weighted by atomic mass is 9.89. The Labute approximate surface area is 189 Å². The average molecular weight is 443 g/mol. The minimum atomic E-state index is -0.0686. The zero-order valence-electron chi connectivity index (χ0n) is 18.5. The van der Waals surface area contributed by atoms with Crippen LogP contribution in [0.15, 0.2) is 36.4 Å². The highest BCUT2D eigenvalue weighted by Gasteiger charge is 2.28. The molecule has 2 aromatic rings. The number of benzene rings is 1. The van der Waals surface area contributed by atoms with E-state index in [2.05, 4.69) is 10.2 Å². The fraction of sp³-hybridized carbons (Fsp3) is 0.458. The summed E-state index contributed by atoms with van der Waals surface area (Å²) in [7, 11) is 4.04. The molecular weight excluding hydrogens is 412 g/mol. The second-order valence-electron chi connectivity index (χ2n) is 8.37. The Kier molecular flexibility index (Phi) is 8.04. The predicted octanol–water partition coefficient (Wildman–Crippen LogP) is 3.74. The molecule has 1 aromatic carbocycles. The van der Waals surface area contributed by atoms with Crippen molar-refractivity contribution in [3.05, 3.63) is 63.9 Å².